The molecule has 1 unspecified atom stereocenters. The Bertz CT molecular complexity index is 304. The van der Waals surface area contributed by atoms with Gasteiger partial charge in [0.2, 0.25) is 0 Å². The van der Waals surface area contributed by atoms with Crippen molar-refractivity contribution in [3.63, 3.8) is 0 Å². The van der Waals surface area contributed by atoms with E-state index in [4.69, 9.17) is 0 Å². The van der Waals surface area contributed by atoms with Crippen LogP contribution in [0.2, 0.25) is 0 Å². The predicted octanol–water partition coefficient (Wildman–Crippen LogP) is 0.663. The molecular formula is C8H8N4. The molecule has 1 aromatic rings. The summed E-state index contributed by atoms with van der Waals surface area (Å²) in [6.45, 7) is 0. The lowest BCUT2D eigenvalue weighted by Crippen LogP contribution is -2.19. The minimum absolute atomic E-state index is 0.0590. The van der Waals surface area contributed by atoms with E-state index in [0.29, 0.717) is 0 Å². The molecule has 0 spiro atoms. The Kier molecular flexibility index (Phi) is 1.82. The summed E-state index contributed by atoms with van der Waals surface area (Å²) < 4.78 is 0. The second-order valence-corrected chi connectivity index (χ2v) is 2.39. The highest BCUT2D eigenvalue weighted by atomic mass is 15.0. The average Bonchev–Trinajstić information content (AvgIpc) is 2.21. The molecule has 2 rings (SSSR count). The van der Waals surface area contributed by atoms with Gasteiger partial charge >= 0.3 is 0 Å². The van der Waals surface area contributed by atoms with Crippen molar-refractivity contribution in [1.29, 1.82) is 0 Å². The van der Waals surface area contributed by atoms with Gasteiger partial charge < -0.3 is 5.32 Å². The summed E-state index contributed by atoms with van der Waals surface area (Å²) in [5.41, 5.74) is 0.880. The summed E-state index contributed by atoms with van der Waals surface area (Å²) in [5.74, 6) is 0. The van der Waals surface area contributed by atoms with Crippen LogP contribution in [0.5, 0.6) is 0 Å². The van der Waals surface area contributed by atoms with Crippen molar-refractivity contribution >= 4 is 6.21 Å². The Morgan fingerprint density at radius 3 is 3.00 bits per heavy atom. The van der Waals surface area contributed by atoms with E-state index in [1.807, 2.05) is 0 Å². The highest BCUT2D eigenvalue weighted by molar-refractivity contribution is 5.68. The minimum atomic E-state index is 0.0590. The maximum Gasteiger partial charge on any atom is 0.105 e. The molecule has 2 heterocycles. The summed E-state index contributed by atoms with van der Waals surface area (Å²) in [7, 11) is 0. The second-order valence-electron chi connectivity index (χ2n) is 2.39. The summed E-state index contributed by atoms with van der Waals surface area (Å²) in [5, 5.41) is 3.10. The highest BCUT2D eigenvalue weighted by Crippen LogP contribution is 2.07. The maximum absolute atomic E-state index is 4.15. The SMILES string of the molecule is C1=CNC(c2cnccn2)C=N1. The van der Waals surface area contributed by atoms with Crippen LogP contribution in [0.3, 0.4) is 0 Å². The van der Waals surface area contributed by atoms with Gasteiger partial charge in [-0.25, -0.2) is 0 Å². The zero-order valence-corrected chi connectivity index (χ0v) is 6.38. The topological polar surface area (TPSA) is 50.2 Å². The number of aliphatic imine (C=N–C) groups is 1. The van der Waals surface area contributed by atoms with Gasteiger partial charge in [0.1, 0.15) is 6.04 Å². The lowest BCUT2D eigenvalue weighted by Gasteiger charge is -2.12. The first-order chi connectivity index (χ1) is 5.97. The quantitative estimate of drug-likeness (QED) is 0.656. The fourth-order valence-corrected chi connectivity index (χ4v) is 1.00. The second kappa shape index (κ2) is 3.13. The molecule has 0 aromatic carbocycles. The molecule has 0 saturated carbocycles. The summed E-state index contributed by atoms with van der Waals surface area (Å²) in [4.78, 5) is 12.1. The Labute approximate surface area is 70.1 Å². The van der Waals surface area contributed by atoms with Crippen LogP contribution in [0.4, 0.5) is 0 Å². The number of nitrogens with zero attached hydrogens (tertiary/aromatic N) is 3. The van der Waals surface area contributed by atoms with Crippen LogP contribution in [-0.2, 0) is 0 Å². The minimum Gasteiger partial charge on any atom is -0.377 e. The van der Waals surface area contributed by atoms with Gasteiger partial charge in [-0.3, -0.25) is 15.0 Å². The van der Waals surface area contributed by atoms with E-state index in [9.17, 15) is 0 Å². The summed E-state index contributed by atoms with van der Waals surface area (Å²) in [6, 6.07) is 0.0590. The number of aromatic nitrogens is 2. The Balaban J connectivity index is 2.21. The van der Waals surface area contributed by atoms with Crippen molar-refractivity contribution in [2.45, 2.75) is 6.04 Å². The number of rotatable bonds is 1. The first-order valence-electron chi connectivity index (χ1n) is 3.67. The smallest absolute Gasteiger partial charge is 0.105 e. The van der Waals surface area contributed by atoms with Gasteiger partial charge in [-0.2, -0.15) is 0 Å². The Morgan fingerprint density at radius 1 is 1.33 bits per heavy atom. The van der Waals surface area contributed by atoms with E-state index in [0.717, 1.165) is 5.69 Å². The lowest BCUT2D eigenvalue weighted by molar-refractivity contribution is 0.759. The summed E-state index contributed by atoms with van der Waals surface area (Å²) >= 11 is 0. The molecule has 0 radical (unpaired) electrons. The van der Waals surface area contributed by atoms with Crippen molar-refractivity contribution in [2.24, 2.45) is 4.99 Å². The molecule has 0 amide bonds. The molecule has 60 valence electrons. The molecule has 0 saturated heterocycles. The zero-order valence-electron chi connectivity index (χ0n) is 6.38. The predicted molar refractivity (Wildman–Crippen MR) is 45.5 cm³/mol. The summed E-state index contributed by atoms with van der Waals surface area (Å²) in [6.07, 6.45) is 10.3. The Morgan fingerprint density at radius 2 is 2.33 bits per heavy atom. The van der Waals surface area contributed by atoms with Crippen LogP contribution in [0, 0.1) is 0 Å². The molecular weight excluding hydrogens is 152 g/mol. The van der Waals surface area contributed by atoms with E-state index in [-0.39, 0.29) is 6.04 Å². The fraction of sp³-hybridized carbons (Fsp3) is 0.125. The van der Waals surface area contributed by atoms with Gasteiger partial charge in [-0.05, 0) is 0 Å². The third-order valence-electron chi connectivity index (χ3n) is 1.57. The van der Waals surface area contributed by atoms with Crippen LogP contribution >= 0.6 is 0 Å². The molecule has 0 aliphatic carbocycles. The average molecular weight is 160 g/mol. The maximum atomic E-state index is 4.15. The lowest BCUT2D eigenvalue weighted by atomic mass is 10.2. The van der Waals surface area contributed by atoms with Crippen molar-refractivity contribution in [3.05, 3.63) is 36.7 Å². The molecule has 1 aromatic heterocycles. The van der Waals surface area contributed by atoms with Gasteiger partial charge in [-0.1, -0.05) is 0 Å². The van der Waals surface area contributed by atoms with Gasteiger partial charge in [0.05, 0.1) is 11.9 Å². The van der Waals surface area contributed by atoms with Crippen LogP contribution in [0.25, 0.3) is 0 Å². The van der Waals surface area contributed by atoms with Crippen LogP contribution in [0.1, 0.15) is 11.7 Å². The van der Waals surface area contributed by atoms with Crippen LogP contribution in [-0.4, -0.2) is 16.2 Å². The molecule has 4 nitrogen and oxygen atoms in total. The first kappa shape index (κ1) is 6.97. The Hall–Kier alpha value is -1.71. The van der Waals surface area contributed by atoms with E-state index < -0.39 is 0 Å². The molecule has 4 heteroatoms. The van der Waals surface area contributed by atoms with Crippen molar-refractivity contribution in [2.75, 3.05) is 0 Å². The third-order valence-corrected chi connectivity index (χ3v) is 1.57. The highest BCUT2D eigenvalue weighted by Gasteiger charge is 2.08. The molecule has 1 atom stereocenters. The molecule has 12 heavy (non-hydrogen) atoms. The van der Waals surface area contributed by atoms with E-state index in [1.165, 1.54) is 0 Å². The third kappa shape index (κ3) is 1.32. The zero-order chi connectivity index (χ0) is 8.23. The number of hydrogen-bond acceptors (Lipinski definition) is 4. The van der Waals surface area contributed by atoms with Gasteiger partial charge in [0.25, 0.3) is 0 Å². The fourth-order valence-electron chi connectivity index (χ4n) is 1.00. The monoisotopic (exact) mass is 160 g/mol. The van der Waals surface area contributed by atoms with Gasteiger partial charge in [0.15, 0.2) is 0 Å². The van der Waals surface area contributed by atoms with Crippen molar-refractivity contribution in [3.8, 4) is 0 Å². The van der Waals surface area contributed by atoms with Crippen LogP contribution < -0.4 is 5.32 Å². The first-order valence-corrected chi connectivity index (χ1v) is 3.67. The standard InChI is InChI=1S/C8H8N4/c1-3-11-7(5-9-1)8-6-10-2-4-12-8/h1-7,11H. The molecule has 0 fully saturated rings. The molecule has 1 aliphatic heterocycles. The normalized spacial score (nSPS) is 20.5. The number of hydrogen-bond donors (Lipinski definition) is 1. The van der Waals surface area contributed by atoms with Gasteiger partial charge in [-0.15, -0.1) is 0 Å². The van der Waals surface area contributed by atoms with E-state index in [1.54, 1.807) is 37.2 Å². The van der Waals surface area contributed by atoms with Crippen molar-refractivity contribution in [1.82, 2.24) is 15.3 Å². The molecule has 1 N–H and O–H groups in total. The van der Waals surface area contributed by atoms with Gasteiger partial charge in [0, 0.05) is 31.0 Å². The van der Waals surface area contributed by atoms with E-state index >= 15 is 0 Å². The van der Waals surface area contributed by atoms with E-state index in [2.05, 4.69) is 20.3 Å². The molecule has 1 aliphatic rings. The van der Waals surface area contributed by atoms with Crippen molar-refractivity contribution < 1.29 is 0 Å². The molecule has 0 bridgehead atoms. The van der Waals surface area contributed by atoms with Crippen LogP contribution in [0.15, 0.2) is 36.0 Å². The largest absolute Gasteiger partial charge is 0.377 e. The number of nitrogens with one attached hydrogen (secondary N) is 1.